The van der Waals surface area contributed by atoms with Crippen LogP contribution in [-0.4, -0.2) is 11.9 Å². The topological polar surface area (TPSA) is 26.3 Å². The highest BCUT2D eigenvalue weighted by Gasteiger charge is 2.19. The SMILES string of the molecule is Cc1ccc(F)cc1C(=O)C(C)Oc1cccc(Cl)c1. The van der Waals surface area contributed by atoms with Gasteiger partial charge in [-0.2, -0.15) is 0 Å². The molecule has 2 rings (SSSR count). The summed E-state index contributed by atoms with van der Waals surface area (Å²) in [4.78, 5) is 12.3. The molecule has 4 heteroatoms. The summed E-state index contributed by atoms with van der Waals surface area (Å²) in [5.74, 6) is -0.191. The normalized spacial score (nSPS) is 12.0. The van der Waals surface area contributed by atoms with Gasteiger partial charge in [0.1, 0.15) is 11.6 Å². The van der Waals surface area contributed by atoms with Crippen LogP contribution in [0.2, 0.25) is 5.02 Å². The predicted molar refractivity (Wildman–Crippen MR) is 77.0 cm³/mol. The zero-order chi connectivity index (χ0) is 14.7. The first-order valence-corrected chi connectivity index (χ1v) is 6.58. The van der Waals surface area contributed by atoms with Gasteiger partial charge in [-0.1, -0.05) is 23.7 Å². The molecule has 0 aliphatic rings. The minimum Gasteiger partial charge on any atom is -0.483 e. The maximum Gasteiger partial charge on any atom is 0.203 e. The molecule has 1 atom stereocenters. The number of rotatable bonds is 4. The average molecular weight is 293 g/mol. The lowest BCUT2D eigenvalue weighted by Crippen LogP contribution is -2.24. The summed E-state index contributed by atoms with van der Waals surface area (Å²) in [5.41, 5.74) is 1.05. The fourth-order valence-electron chi connectivity index (χ4n) is 1.88. The molecule has 1 unspecified atom stereocenters. The van der Waals surface area contributed by atoms with E-state index >= 15 is 0 Å². The maximum absolute atomic E-state index is 13.2. The lowest BCUT2D eigenvalue weighted by Gasteiger charge is -2.15. The molecule has 104 valence electrons. The lowest BCUT2D eigenvalue weighted by molar-refractivity contribution is 0.0817. The number of ether oxygens (including phenoxy) is 1. The van der Waals surface area contributed by atoms with Crippen LogP contribution in [0.3, 0.4) is 0 Å². The van der Waals surface area contributed by atoms with Crippen molar-refractivity contribution in [3.63, 3.8) is 0 Å². The largest absolute Gasteiger partial charge is 0.483 e. The molecule has 0 aliphatic heterocycles. The van der Waals surface area contributed by atoms with Crippen molar-refractivity contribution < 1.29 is 13.9 Å². The van der Waals surface area contributed by atoms with E-state index in [0.717, 1.165) is 5.56 Å². The summed E-state index contributed by atoms with van der Waals surface area (Å²) in [5, 5.41) is 0.532. The zero-order valence-electron chi connectivity index (χ0n) is 11.2. The number of aryl methyl sites for hydroxylation is 1. The van der Waals surface area contributed by atoms with Crippen molar-refractivity contribution in [2.45, 2.75) is 20.0 Å². The third-order valence-electron chi connectivity index (χ3n) is 2.94. The van der Waals surface area contributed by atoms with Gasteiger partial charge in [-0.05, 0) is 49.7 Å². The maximum atomic E-state index is 13.2. The molecule has 0 saturated carbocycles. The van der Waals surface area contributed by atoms with Crippen molar-refractivity contribution in [1.29, 1.82) is 0 Å². The second-order valence-electron chi connectivity index (χ2n) is 4.54. The number of halogens is 2. The minimum atomic E-state index is -0.714. The fraction of sp³-hybridized carbons (Fsp3) is 0.188. The zero-order valence-corrected chi connectivity index (χ0v) is 11.9. The molecule has 0 fully saturated rings. The van der Waals surface area contributed by atoms with E-state index in [1.807, 2.05) is 0 Å². The van der Waals surface area contributed by atoms with Crippen molar-refractivity contribution >= 4 is 17.4 Å². The van der Waals surface area contributed by atoms with Crippen LogP contribution >= 0.6 is 11.6 Å². The molecule has 0 heterocycles. The van der Waals surface area contributed by atoms with Crippen molar-refractivity contribution in [3.05, 3.63) is 64.4 Å². The Morgan fingerprint density at radius 3 is 2.70 bits per heavy atom. The van der Waals surface area contributed by atoms with E-state index in [4.69, 9.17) is 16.3 Å². The third kappa shape index (κ3) is 3.36. The van der Waals surface area contributed by atoms with Gasteiger partial charge < -0.3 is 4.74 Å². The Morgan fingerprint density at radius 1 is 1.25 bits per heavy atom. The molecule has 2 nitrogen and oxygen atoms in total. The Bertz CT molecular complexity index is 640. The number of hydrogen-bond acceptors (Lipinski definition) is 2. The first-order chi connectivity index (χ1) is 9.47. The molecule has 2 aromatic carbocycles. The second-order valence-corrected chi connectivity index (χ2v) is 4.98. The monoisotopic (exact) mass is 292 g/mol. The van der Waals surface area contributed by atoms with Gasteiger partial charge in [0, 0.05) is 10.6 Å². The summed E-state index contributed by atoms with van der Waals surface area (Å²) >= 11 is 5.86. The fourth-order valence-corrected chi connectivity index (χ4v) is 2.06. The number of Topliss-reactive ketones (excluding diaryl/α,β-unsaturated/α-hetero) is 1. The average Bonchev–Trinajstić information content (AvgIpc) is 2.40. The summed E-state index contributed by atoms with van der Waals surface area (Å²) in [6, 6.07) is 10.9. The van der Waals surface area contributed by atoms with Crippen LogP contribution in [0.1, 0.15) is 22.8 Å². The predicted octanol–water partition coefficient (Wildman–Crippen LogP) is 4.44. The number of benzene rings is 2. The summed E-state index contributed by atoms with van der Waals surface area (Å²) in [6.07, 6.45) is -0.714. The third-order valence-corrected chi connectivity index (χ3v) is 3.18. The van der Waals surface area contributed by atoms with Gasteiger partial charge in [0.15, 0.2) is 6.10 Å². The highest BCUT2D eigenvalue weighted by Crippen LogP contribution is 2.20. The second kappa shape index (κ2) is 6.06. The molecule has 0 amide bonds. The van der Waals surface area contributed by atoms with Crippen molar-refractivity contribution in [2.24, 2.45) is 0 Å². The van der Waals surface area contributed by atoms with Crippen LogP contribution in [0.25, 0.3) is 0 Å². The van der Waals surface area contributed by atoms with E-state index in [9.17, 15) is 9.18 Å². The van der Waals surface area contributed by atoms with Crippen LogP contribution in [-0.2, 0) is 0 Å². The molecular formula is C16H14ClFO2. The van der Waals surface area contributed by atoms with E-state index in [2.05, 4.69) is 0 Å². The standard InChI is InChI=1S/C16H14ClFO2/c1-10-6-7-13(18)9-15(10)16(19)11(2)20-14-5-3-4-12(17)8-14/h3-9,11H,1-2H3. The molecule has 0 saturated heterocycles. The molecule has 0 spiro atoms. The molecule has 0 radical (unpaired) electrons. The number of hydrogen-bond donors (Lipinski definition) is 0. The van der Waals surface area contributed by atoms with E-state index in [1.165, 1.54) is 12.1 Å². The highest BCUT2D eigenvalue weighted by atomic mass is 35.5. The lowest BCUT2D eigenvalue weighted by atomic mass is 10.0. The Labute approximate surface area is 122 Å². The van der Waals surface area contributed by atoms with Crippen molar-refractivity contribution in [1.82, 2.24) is 0 Å². The highest BCUT2D eigenvalue weighted by molar-refractivity contribution is 6.30. The van der Waals surface area contributed by atoms with Gasteiger partial charge in [0.05, 0.1) is 0 Å². The number of carbonyl (C=O) groups is 1. The molecule has 0 aliphatic carbocycles. The summed E-state index contributed by atoms with van der Waals surface area (Å²) in [6.45, 7) is 3.40. The van der Waals surface area contributed by atoms with Gasteiger partial charge in [0.25, 0.3) is 0 Å². The van der Waals surface area contributed by atoms with E-state index in [0.29, 0.717) is 16.3 Å². The Balaban J connectivity index is 2.18. The quantitative estimate of drug-likeness (QED) is 0.779. The molecule has 0 bridgehead atoms. The van der Waals surface area contributed by atoms with Crippen LogP contribution < -0.4 is 4.74 Å². The van der Waals surface area contributed by atoms with Crippen molar-refractivity contribution in [3.8, 4) is 5.75 Å². The molecule has 0 aromatic heterocycles. The van der Waals surface area contributed by atoms with Gasteiger partial charge in [-0.25, -0.2) is 4.39 Å². The van der Waals surface area contributed by atoms with E-state index in [1.54, 1.807) is 44.2 Å². The van der Waals surface area contributed by atoms with Gasteiger partial charge in [-0.3, -0.25) is 4.79 Å². The molecular weight excluding hydrogens is 279 g/mol. The van der Waals surface area contributed by atoms with Gasteiger partial charge in [0.2, 0.25) is 5.78 Å². The smallest absolute Gasteiger partial charge is 0.203 e. The van der Waals surface area contributed by atoms with Gasteiger partial charge in [-0.15, -0.1) is 0 Å². The number of ketones is 1. The van der Waals surface area contributed by atoms with Crippen LogP contribution in [0.4, 0.5) is 4.39 Å². The van der Waals surface area contributed by atoms with E-state index in [-0.39, 0.29) is 5.78 Å². The van der Waals surface area contributed by atoms with Crippen LogP contribution in [0.5, 0.6) is 5.75 Å². The Morgan fingerprint density at radius 2 is 2.00 bits per heavy atom. The van der Waals surface area contributed by atoms with Crippen LogP contribution in [0, 0.1) is 12.7 Å². The Kier molecular flexibility index (Phi) is 4.40. The van der Waals surface area contributed by atoms with Gasteiger partial charge >= 0.3 is 0 Å². The van der Waals surface area contributed by atoms with Crippen molar-refractivity contribution in [2.75, 3.05) is 0 Å². The summed E-state index contributed by atoms with van der Waals surface area (Å²) in [7, 11) is 0. The first kappa shape index (κ1) is 14.5. The molecule has 20 heavy (non-hydrogen) atoms. The molecule has 2 aromatic rings. The number of carbonyl (C=O) groups excluding carboxylic acids is 1. The Hall–Kier alpha value is -1.87. The van der Waals surface area contributed by atoms with Crippen LogP contribution in [0.15, 0.2) is 42.5 Å². The summed E-state index contributed by atoms with van der Waals surface area (Å²) < 4.78 is 18.8. The molecule has 0 N–H and O–H groups in total. The first-order valence-electron chi connectivity index (χ1n) is 6.20. The van der Waals surface area contributed by atoms with E-state index < -0.39 is 11.9 Å². The minimum absolute atomic E-state index is 0.262.